The largest absolute Gasteiger partial charge is 0.489 e. The Kier molecular flexibility index (Phi) is 6.95. The summed E-state index contributed by atoms with van der Waals surface area (Å²) in [6, 6.07) is 20.4. The Morgan fingerprint density at radius 1 is 1.00 bits per heavy atom. The zero-order chi connectivity index (χ0) is 22.2. The minimum absolute atomic E-state index is 0.109. The molecule has 0 aliphatic heterocycles. The van der Waals surface area contributed by atoms with Crippen LogP contribution < -0.4 is 10.1 Å². The normalized spacial score (nSPS) is 10.2. The van der Waals surface area contributed by atoms with Gasteiger partial charge in [0.25, 0.3) is 11.6 Å². The number of hydrogen-bond acceptors (Lipinski definition) is 6. The molecule has 8 nitrogen and oxygen atoms in total. The van der Waals surface area contributed by atoms with E-state index < -0.39 is 23.4 Å². The van der Waals surface area contributed by atoms with Gasteiger partial charge in [-0.1, -0.05) is 42.5 Å². The highest BCUT2D eigenvalue weighted by Crippen LogP contribution is 2.25. The summed E-state index contributed by atoms with van der Waals surface area (Å²) in [5.41, 5.74) is 1.72. The first-order valence-corrected chi connectivity index (χ1v) is 9.42. The van der Waals surface area contributed by atoms with Crippen LogP contribution in [0, 0.1) is 17.0 Å². The summed E-state index contributed by atoms with van der Waals surface area (Å²) in [7, 11) is 0. The molecule has 0 radical (unpaired) electrons. The number of esters is 1. The summed E-state index contributed by atoms with van der Waals surface area (Å²) in [5.74, 6) is -0.792. The van der Waals surface area contributed by atoms with Gasteiger partial charge in [-0.2, -0.15) is 0 Å². The van der Waals surface area contributed by atoms with Gasteiger partial charge in [0.2, 0.25) is 0 Å². The van der Waals surface area contributed by atoms with Gasteiger partial charge in [0.1, 0.15) is 12.4 Å². The average Bonchev–Trinajstić information content (AvgIpc) is 2.78. The Labute approximate surface area is 178 Å². The molecule has 0 aromatic heterocycles. The third-order valence-electron chi connectivity index (χ3n) is 4.43. The Hall–Kier alpha value is -4.20. The Morgan fingerprint density at radius 3 is 2.48 bits per heavy atom. The van der Waals surface area contributed by atoms with E-state index in [2.05, 4.69) is 5.32 Å². The predicted octanol–water partition coefficient (Wildman–Crippen LogP) is 4.28. The Morgan fingerprint density at radius 2 is 1.74 bits per heavy atom. The van der Waals surface area contributed by atoms with Crippen LogP contribution in [0.4, 0.5) is 11.4 Å². The summed E-state index contributed by atoms with van der Waals surface area (Å²) < 4.78 is 10.7. The maximum Gasteiger partial charge on any atom is 0.338 e. The van der Waals surface area contributed by atoms with E-state index in [4.69, 9.17) is 9.47 Å². The molecule has 0 unspecified atom stereocenters. The number of carbonyl (C=O) groups excluding carboxylic acids is 2. The number of nitrogens with zero attached hydrogens (tertiary/aromatic N) is 1. The third kappa shape index (κ3) is 5.89. The lowest BCUT2D eigenvalue weighted by atomic mass is 10.1. The van der Waals surface area contributed by atoms with Crippen molar-refractivity contribution in [3.05, 3.63) is 99.6 Å². The van der Waals surface area contributed by atoms with Gasteiger partial charge >= 0.3 is 5.97 Å². The number of carbonyl (C=O) groups is 2. The first-order valence-electron chi connectivity index (χ1n) is 9.42. The standard InChI is InChI=1S/C23H20N2O6/c1-16-20(11-6-12-21(16)25(28)29)24-22(26)15-31-23(27)18-9-5-10-19(13-18)30-14-17-7-3-2-4-8-17/h2-13H,14-15H2,1H3,(H,24,26). The molecule has 158 valence electrons. The molecule has 0 aliphatic rings. The number of nitro benzene ring substituents is 1. The van der Waals surface area contributed by atoms with E-state index in [0.29, 0.717) is 17.9 Å². The van der Waals surface area contributed by atoms with Crippen LogP contribution in [-0.4, -0.2) is 23.4 Å². The van der Waals surface area contributed by atoms with Crippen molar-refractivity contribution in [2.45, 2.75) is 13.5 Å². The van der Waals surface area contributed by atoms with Crippen LogP contribution in [0.15, 0.2) is 72.8 Å². The molecule has 0 saturated heterocycles. The fourth-order valence-electron chi connectivity index (χ4n) is 2.81. The maximum absolute atomic E-state index is 12.3. The number of hydrogen-bond donors (Lipinski definition) is 1. The average molecular weight is 420 g/mol. The van der Waals surface area contributed by atoms with Crippen molar-refractivity contribution in [3.8, 4) is 5.75 Å². The van der Waals surface area contributed by atoms with Gasteiger partial charge in [-0.05, 0) is 36.8 Å². The first kappa shape index (κ1) is 21.5. The lowest BCUT2D eigenvalue weighted by Crippen LogP contribution is -2.21. The fraction of sp³-hybridized carbons (Fsp3) is 0.130. The van der Waals surface area contributed by atoms with Gasteiger partial charge in [0, 0.05) is 6.07 Å². The van der Waals surface area contributed by atoms with E-state index in [0.717, 1.165) is 5.56 Å². The summed E-state index contributed by atoms with van der Waals surface area (Å²) in [5, 5.41) is 13.5. The number of amides is 1. The minimum Gasteiger partial charge on any atom is -0.489 e. The number of nitrogens with one attached hydrogen (secondary N) is 1. The number of benzene rings is 3. The molecule has 3 aromatic rings. The van der Waals surface area contributed by atoms with E-state index in [1.807, 2.05) is 30.3 Å². The molecule has 1 N–H and O–H groups in total. The van der Waals surface area contributed by atoms with Gasteiger partial charge < -0.3 is 14.8 Å². The molecule has 3 aromatic carbocycles. The lowest BCUT2D eigenvalue weighted by Gasteiger charge is -2.10. The molecule has 3 rings (SSSR count). The molecule has 31 heavy (non-hydrogen) atoms. The maximum atomic E-state index is 12.3. The summed E-state index contributed by atoms with van der Waals surface area (Å²) in [6.07, 6.45) is 0. The van der Waals surface area contributed by atoms with Crippen LogP contribution in [0.25, 0.3) is 0 Å². The molecule has 8 heteroatoms. The highest BCUT2D eigenvalue weighted by atomic mass is 16.6. The highest BCUT2D eigenvalue weighted by molar-refractivity contribution is 5.96. The first-order chi connectivity index (χ1) is 14.9. The smallest absolute Gasteiger partial charge is 0.338 e. The second kappa shape index (κ2) is 10.0. The molecule has 0 fully saturated rings. The summed E-state index contributed by atoms with van der Waals surface area (Å²) in [6.45, 7) is 1.35. The number of ether oxygens (including phenoxy) is 2. The molecule has 1 amide bonds. The zero-order valence-corrected chi connectivity index (χ0v) is 16.7. The summed E-state index contributed by atoms with van der Waals surface area (Å²) in [4.78, 5) is 34.9. The van der Waals surface area contributed by atoms with E-state index in [1.54, 1.807) is 18.2 Å². The zero-order valence-electron chi connectivity index (χ0n) is 16.7. The van der Waals surface area contributed by atoms with Crippen LogP contribution in [-0.2, 0) is 16.1 Å². The summed E-state index contributed by atoms with van der Waals surface area (Å²) >= 11 is 0. The van der Waals surface area contributed by atoms with E-state index >= 15 is 0 Å². The molecular weight excluding hydrogens is 400 g/mol. The van der Waals surface area contributed by atoms with Gasteiger partial charge in [-0.15, -0.1) is 0 Å². The predicted molar refractivity (Wildman–Crippen MR) is 114 cm³/mol. The van der Waals surface area contributed by atoms with Crippen LogP contribution in [0.3, 0.4) is 0 Å². The molecule has 0 spiro atoms. The van der Waals surface area contributed by atoms with E-state index in [1.165, 1.54) is 31.2 Å². The van der Waals surface area contributed by atoms with E-state index in [9.17, 15) is 19.7 Å². The SMILES string of the molecule is Cc1c(NC(=O)COC(=O)c2cccc(OCc3ccccc3)c2)cccc1[N+](=O)[O-]. The topological polar surface area (TPSA) is 108 Å². The second-order valence-corrected chi connectivity index (χ2v) is 6.63. The van der Waals surface area contributed by atoms with E-state index in [-0.39, 0.29) is 16.9 Å². The van der Waals surface area contributed by atoms with Gasteiger partial charge in [0.15, 0.2) is 6.61 Å². The van der Waals surface area contributed by atoms with Crippen molar-refractivity contribution in [2.75, 3.05) is 11.9 Å². The monoisotopic (exact) mass is 420 g/mol. The minimum atomic E-state index is -0.684. The molecule has 0 bridgehead atoms. The van der Waals surface area contributed by atoms with Gasteiger partial charge in [0.05, 0.1) is 21.7 Å². The molecule has 0 atom stereocenters. The molecule has 0 heterocycles. The second-order valence-electron chi connectivity index (χ2n) is 6.63. The van der Waals surface area contributed by atoms with Crippen LogP contribution >= 0.6 is 0 Å². The Balaban J connectivity index is 1.55. The van der Waals surface area contributed by atoms with Crippen molar-refractivity contribution in [3.63, 3.8) is 0 Å². The van der Waals surface area contributed by atoms with Crippen molar-refractivity contribution >= 4 is 23.3 Å². The number of rotatable bonds is 8. The Bertz CT molecular complexity index is 1100. The fourth-order valence-corrected chi connectivity index (χ4v) is 2.81. The highest BCUT2D eigenvalue weighted by Gasteiger charge is 2.16. The number of nitro groups is 1. The van der Waals surface area contributed by atoms with Crippen molar-refractivity contribution in [1.29, 1.82) is 0 Å². The van der Waals surface area contributed by atoms with Gasteiger partial charge in [-0.3, -0.25) is 14.9 Å². The molecular formula is C23H20N2O6. The number of anilines is 1. The van der Waals surface area contributed by atoms with Crippen molar-refractivity contribution < 1.29 is 24.0 Å². The van der Waals surface area contributed by atoms with Crippen LogP contribution in [0.1, 0.15) is 21.5 Å². The lowest BCUT2D eigenvalue weighted by molar-refractivity contribution is -0.385. The molecule has 0 aliphatic carbocycles. The van der Waals surface area contributed by atoms with Gasteiger partial charge in [-0.25, -0.2) is 4.79 Å². The van der Waals surface area contributed by atoms with Crippen LogP contribution in [0.2, 0.25) is 0 Å². The van der Waals surface area contributed by atoms with Crippen LogP contribution in [0.5, 0.6) is 5.75 Å². The van der Waals surface area contributed by atoms with Crippen molar-refractivity contribution in [2.24, 2.45) is 0 Å². The molecule has 0 saturated carbocycles. The van der Waals surface area contributed by atoms with Crippen molar-refractivity contribution in [1.82, 2.24) is 0 Å². The quantitative estimate of drug-likeness (QED) is 0.331. The third-order valence-corrected chi connectivity index (χ3v) is 4.43.